The minimum absolute atomic E-state index is 0.0496. The minimum atomic E-state index is 0.0496. The van der Waals surface area contributed by atoms with Gasteiger partial charge >= 0.3 is 0 Å². The zero-order valence-corrected chi connectivity index (χ0v) is 12.3. The summed E-state index contributed by atoms with van der Waals surface area (Å²) in [6.45, 7) is 3.05. The summed E-state index contributed by atoms with van der Waals surface area (Å²) in [7, 11) is 0. The molecule has 4 nitrogen and oxygen atoms in total. The number of hydrogen-bond donors (Lipinski definition) is 0. The third kappa shape index (κ3) is 4.30. The molecule has 0 radical (unpaired) electrons. The van der Waals surface area contributed by atoms with Crippen molar-refractivity contribution in [2.24, 2.45) is 4.99 Å². The van der Waals surface area contributed by atoms with Crippen LogP contribution in [0.2, 0.25) is 0 Å². The van der Waals surface area contributed by atoms with Crippen molar-refractivity contribution in [3.8, 4) is 0 Å². The second kappa shape index (κ2) is 8.00. The Hall–Kier alpha value is -1.42. The monoisotopic (exact) mass is 276 g/mol. The fourth-order valence-electron chi connectivity index (χ4n) is 2.57. The van der Waals surface area contributed by atoms with Crippen molar-refractivity contribution in [3.05, 3.63) is 29.9 Å². The van der Waals surface area contributed by atoms with Crippen molar-refractivity contribution in [1.82, 2.24) is 4.57 Å². The third-order valence-electron chi connectivity index (χ3n) is 3.66. The molecule has 0 amide bonds. The molecule has 0 aliphatic heterocycles. The molecule has 20 heavy (non-hydrogen) atoms. The van der Waals surface area contributed by atoms with E-state index in [1.54, 1.807) is 10.8 Å². The van der Waals surface area contributed by atoms with Crippen molar-refractivity contribution >= 4 is 5.91 Å². The van der Waals surface area contributed by atoms with Gasteiger partial charge in [0, 0.05) is 12.8 Å². The van der Waals surface area contributed by atoms with Gasteiger partial charge in [-0.25, -0.2) is 0 Å². The fourth-order valence-corrected chi connectivity index (χ4v) is 2.57. The smallest absolute Gasteiger partial charge is 0.234 e. The third-order valence-corrected chi connectivity index (χ3v) is 3.66. The molecule has 0 N–H and O–H groups in total. The molecule has 0 saturated heterocycles. The molecular formula is C16H24N2O2. The van der Waals surface area contributed by atoms with E-state index in [1.165, 1.54) is 19.3 Å². The second-order valence-electron chi connectivity index (χ2n) is 5.19. The fraction of sp³-hybridized carbons (Fsp3) is 0.625. The van der Waals surface area contributed by atoms with Gasteiger partial charge in [-0.1, -0.05) is 25.3 Å². The zero-order valence-electron chi connectivity index (χ0n) is 12.3. The van der Waals surface area contributed by atoms with Crippen LogP contribution in [0.4, 0.5) is 0 Å². The predicted molar refractivity (Wildman–Crippen MR) is 78.6 cm³/mol. The summed E-state index contributed by atoms with van der Waals surface area (Å²) in [5.41, 5.74) is 0.779. The quantitative estimate of drug-likeness (QED) is 0.776. The Kier molecular flexibility index (Phi) is 5.99. The highest BCUT2D eigenvalue weighted by Crippen LogP contribution is 2.19. The maximum atomic E-state index is 12.2. The normalized spacial score (nSPS) is 17.4. The van der Waals surface area contributed by atoms with Crippen molar-refractivity contribution in [1.29, 1.82) is 0 Å². The van der Waals surface area contributed by atoms with Crippen LogP contribution in [0.3, 0.4) is 0 Å². The molecule has 1 aromatic heterocycles. The van der Waals surface area contributed by atoms with Crippen molar-refractivity contribution in [2.45, 2.75) is 51.5 Å². The lowest BCUT2D eigenvalue weighted by Crippen LogP contribution is -2.29. The Labute approximate surface area is 120 Å². The molecule has 0 atom stereocenters. The highest BCUT2D eigenvalue weighted by Gasteiger charge is 2.12. The minimum Gasteiger partial charge on any atom is -0.381 e. The molecule has 1 aliphatic rings. The summed E-state index contributed by atoms with van der Waals surface area (Å²) in [6, 6.07) is 6.11. The Morgan fingerprint density at radius 3 is 2.90 bits per heavy atom. The first-order chi connectivity index (χ1) is 9.81. The molecule has 2 rings (SSSR count). The number of carbonyl (C=O) groups is 1. The van der Waals surface area contributed by atoms with Crippen molar-refractivity contribution < 1.29 is 9.53 Å². The zero-order chi connectivity index (χ0) is 14.2. The lowest BCUT2D eigenvalue weighted by molar-refractivity contribution is 0.0812. The average Bonchev–Trinajstić information content (AvgIpc) is 2.49. The van der Waals surface area contributed by atoms with E-state index < -0.39 is 0 Å². The first-order valence-electron chi connectivity index (χ1n) is 7.63. The van der Waals surface area contributed by atoms with Crippen LogP contribution < -0.4 is 5.49 Å². The standard InChI is InChI=1S/C16H24N2O2/c1-2-20-13-11-16(19)18-12-7-6-10-15(18)17-14-8-4-3-5-9-14/h6-7,10,12,14H,2-5,8-9,11,13H2,1H3. The Balaban J connectivity index is 2.12. The van der Waals surface area contributed by atoms with Crippen molar-refractivity contribution in [3.63, 3.8) is 0 Å². The summed E-state index contributed by atoms with van der Waals surface area (Å²) in [4.78, 5) is 17.0. The summed E-state index contributed by atoms with van der Waals surface area (Å²) in [6.07, 6.45) is 8.29. The Morgan fingerprint density at radius 2 is 2.15 bits per heavy atom. The number of rotatable bonds is 5. The number of ether oxygens (including phenoxy) is 1. The molecular weight excluding hydrogens is 252 g/mol. The lowest BCUT2D eigenvalue weighted by atomic mass is 9.96. The molecule has 0 unspecified atom stereocenters. The van der Waals surface area contributed by atoms with E-state index in [4.69, 9.17) is 9.73 Å². The van der Waals surface area contributed by atoms with E-state index in [-0.39, 0.29) is 5.91 Å². The van der Waals surface area contributed by atoms with Crippen LogP contribution in [0.5, 0.6) is 0 Å². The largest absolute Gasteiger partial charge is 0.381 e. The molecule has 1 heterocycles. The molecule has 0 spiro atoms. The molecule has 1 fully saturated rings. The van der Waals surface area contributed by atoms with Crippen LogP contribution in [0, 0.1) is 0 Å². The predicted octanol–water partition coefficient (Wildman–Crippen LogP) is 2.79. The molecule has 1 saturated carbocycles. The van der Waals surface area contributed by atoms with Gasteiger partial charge < -0.3 is 4.74 Å². The average molecular weight is 276 g/mol. The molecule has 1 aliphatic carbocycles. The van der Waals surface area contributed by atoms with Gasteiger partial charge in [-0.2, -0.15) is 0 Å². The Morgan fingerprint density at radius 1 is 1.35 bits per heavy atom. The van der Waals surface area contributed by atoms with Gasteiger partial charge in [0.1, 0.15) is 5.49 Å². The second-order valence-corrected chi connectivity index (χ2v) is 5.19. The summed E-state index contributed by atoms with van der Waals surface area (Å²) >= 11 is 0. The molecule has 1 aromatic rings. The van der Waals surface area contributed by atoms with Crippen LogP contribution in [0.15, 0.2) is 29.4 Å². The molecule has 4 heteroatoms. The van der Waals surface area contributed by atoms with Gasteiger partial charge in [-0.3, -0.25) is 14.4 Å². The van der Waals surface area contributed by atoms with Gasteiger partial charge in [0.2, 0.25) is 5.91 Å². The van der Waals surface area contributed by atoms with E-state index in [0.717, 1.165) is 18.3 Å². The van der Waals surface area contributed by atoms with E-state index in [1.807, 2.05) is 25.1 Å². The van der Waals surface area contributed by atoms with Gasteiger partial charge in [0.25, 0.3) is 0 Å². The van der Waals surface area contributed by atoms with E-state index >= 15 is 0 Å². The first kappa shape index (κ1) is 15.0. The lowest BCUT2D eigenvalue weighted by Gasteiger charge is -2.17. The number of nitrogens with zero attached hydrogens (tertiary/aromatic N) is 2. The van der Waals surface area contributed by atoms with Crippen LogP contribution in [0.25, 0.3) is 0 Å². The number of hydrogen-bond acceptors (Lipinski definition) is 3. The maximum Gasteiger partial charge on any atom is 0.234 e. The van der Waals surface area contributed by atoms with Crippen molar-refractivity contribution in [2.75, 3.05) is 13.2 Å². The van der Waals surface area contributed by atoms with E-state index in [9.17, 15) is 4.79 Å². The van der Waals surface area contributed by atoms with Crippen LogP contribution >= 0.6 is 0 Å². The SMILES string of the molecule is CCOCCC(=O)n1ccccc1=NC1CCCCC1. The maximum absolute atomic E-state index is 12.2. The first-order valence-corrected chi connectivity index (χ1v) is 7.63. The molecule has 0 bridgehead atoms. The Bertz CT molecular complexity index is 487. The summed E-state index contributed by atoms with van der Waals surface area (Å²) in [5.74, 6) is 0.0496. The van der Waals surface area contributed by atoms with Gasteiger partial charge in [-0.15, -0.1) is 0 Å². The number of carbonyl (C=O) groups excluding carboxylic acids is 1. The van der Waals surface area contributed by atoms with Gasteiger partial charge in [-0.05, 0) is 31.9 Å². The van der Waals surface area contributed by atoms with Crippen LogP contribution in [0.1, 0.15) is 50.2 Å². The van der Waals surface area contributed by atoms with Gasteiger partial charge in [0.15, 0.2) is 0 Å². The summed E-state index contributed by atoms with van der Waals surface area (Å²) < 4.78 is 6.91. The summed E-state index contributed by atoms with van der Waals surface area (Å²) in [5, 5.41) is 0. The molecule has 0 aromatic carbocycles. The van der Waals surface area contributed by atoms with Gasteiger partial charge in [0.05, 0.1) is 19.1 Å². The van der Waals surface area contributed by atoms with Crippen LogP contribution in [-0.4, -0.2) is 29.7 Å². The highest BCUT2D eigenvalue weighted by atomic mass is 16.5. The topological polar surface area (TPSA) is 43.6 Å². The van der Waals surface area contributed by atoms with Crippen LogP contribution in [-0.2, 0) is 4.74 Å². The van der Waals surface area contributed by atoms with E-state index in [0.29, 0.717) is 25.7 Å². The highest BCUT2D eigenvalue weighted by molar-refractivity contribution is 5.78. The number of aromatic nitrogens is 1. The molecule has 110 valence electrons. The van der Waals surface area contributed by atoms with E-state index in [2.05, 4.69) is 0 Å². The number of pyridine rings is 1.